The first-order valence-electron chi connectivity index (χ1n) is 5.39. The molecular formula is C13H9F3N2O. The summed E-state index contributed by atoms with van der Waals surface area (Å²) in [5.74, 6) is -0.791. The molecule has 0 amide bonds. The minimum atomic E-state index is -4.58. The van der Waals surface area contributed by atoms with Crippen LogP contribution < -0.4 is 0 Å². The molecule has 0 saturated carbocycles. The highest BCUT2D eigenvalue weighted by Crippen LogP contribution is 2.32. The normalized spacial score (nSPS) is 11.4. The number of benzene rings is 1. The molecule has 0 aliphatic rings. The zero-order chi connectivity index (χ0) is 14.0. The number of halogens is 3. The summed E-state index contributed by atoms with van der Waals surface area (Å²) in [4.78, 5) is 19.7. The fourth-order valence-corrected chi connectivity index (χ4v) is 1.58. The van der Waals surface area contributed by atoms with Crippen LogP contribution in [0.4, 0.5) is 13.2 Å². The maximum absolute atomic E-state index is 12.8. The van der Waals surface area contributed by atoms with Gasteiger partial charge in [0.15, 0.2) is 0 Å². The zero-order valence-corrected chi connectivity index (χ0v) is 9.90. The molecular weight excluding hydrogens is 257 g/mol. The van der Waals surface area contributed by atoms with Crippen molar-refractivity contribution < 1.29 is 18.0 Å². The summed E-state index contributed by atoms with van der Waals surface area (Å²) in [6, 6.07) is 4.62. The van der Waals surface area contributed by atoms with Gasteiger partial charge in [-0.3, -0.25) is 9.78 Å². The van der Waals surface area contributed by atoms with Crippen molar-refractivity contribution in [3.8, 4) is 0 Å². The Balaban J connectivity index is 2.48. The van der Waals surface area contributed by atoms with E-state index in [0.29, 0.717) is 5.69 Å². The lowest BCUT2D eigenvalue weighted by atomic mass is 10.0. The molecule has 0 N–H and O–H groups in total. The van der Waals surface area contributed by atoms with E-state index in [-0.39, 0.29) is 5.69 Å². The average molecular weight is 266 g/mol. The first-order valence-corrected chi connectivity index (χ1v) is 5.39. The monoisotopic (exact) mass is 266 g/mol. The molecule has 19 heavy (non-hydrogen) atoms. The third-order valence-electron chi connectivity index (χ3n) is 2.49. The smallest absolute Gasteiger partial charge is 0.287 e. The van der Waals surface area contributed by atoms with Crippen LogP contribution in [0, 0.1) is 6.92 Å². The van der Waals surface area contributed by atoms with Gasteiger partial charge in [0.1, 0.15) is 5.69 Å². The second-order valence-electron chi connectivity index (χ2n) is 3.92. The van der Waals surface area contributed by atoms with Crippen LogP contribution in [-0.2, 0) is 6.18 Å². The molecule has 0 atom stereocenters. The fraction of sp³-hybridized carbons (Fsp3) is 0.154. The van der Waals surface area contributed by atoms with Crippen molar-refractivity contribution in [1.82, 2.24) is 9.97 Å². The minimum absolute atomic E-state index is 0.109. The SMILES string of the molecule is Cc1cnc(C(=O)c2ccccc2C(F)(F)F)cn1. The van der Waals surface area contributed by atoms with Crippen LogP contribution >= 0.6 is 0 Å². The van der Waals surface area contributed by atoms with E-state index in [1.54, 1.807) is 6.92 Å². The molecule has 2 aromatic rings. The standard InChI is InChI=1S/C13H9F3N2O/c1-8-6-18-11(7-17-8)12(19)9-4-2-3-5-10(9)13(14,15)16/h2-7H,1H3. The number of nitrogens with zero attached hydrogens (tertiary/aromatic N) is 2. The summed E-state index contributed by atoms with van der Waals surface area (Å²) in [7, 11) is 0. The summed E-state index contributed by atoms with van der Waals surface area (Å²) in [5.41, 5.74) is -0.918. The number of hydrogen-bond acceptors (Lipinski definition) is 3. The third-order valence-corrected chi connectivity index (χ3v) is 2.49. The largest absolute Gasteiger partial charge is 0.417 e. The molecule has 0 unspecified atom stereocenters. The van der Waals surface area contributed by atoms with Gasteiger partial charge in [-0.2, -0.15) is 13.2 Å². The van der Waals surface area contributed by atoms with Gasteiger partial charge in [0, 0.05) is 11.8 Å². The Morgan fingerprint density at radius 1 is 1.11 bits per heavy atom. The van der Waals surface area contributed by atoms with Gasteiger partial charge in [0.2, 0.25) is 5.78 Å². The van der Waals surface area contributed by atoms with Crippen molar-refractivity contribution in [3.05, 3.63) is 59.2 Å². The van der Waals surface area contributed by atoms with Crippen LogP contribution in [0.3, 0.4) is 0 Å². The molecule has 2 rings (SSSR count). The van der Waals surface area contributed by atoms with Gasteiger partial charge >= 0.3 is 6.18 Å². The summed E-state index contributed by atoms with van der Waals surface area (Å²) in [5, 5.41) is 0. The topological polar surface area (TPSA) is 42.9 Å². The van der Waals surface area contributed by atoms with E-state index in [1.165, 1.54) is 24.5 Å². The van der Waals surface area contributed by atoms with E-state index in [2.05, 4.69) is 9.97 Å². The molecule has 0 saturated heterocycles. The van der Waals surface area contributed by atoms with Crippen LogP contribution in [0.15, 0.2) is 36.7 Å². The summed E-state index contributed by atoms with van der Waals surface area (Å²) in [6.07, 6.45) is -2.07. The van der Waals surface area contributed by atoms with Gasteiger partial charge in [-0.1, -0.05) is 18.2 Å². The quantitative estimate of drug-likeness (QED) is 0.785. The molecule has 0 spiro atoms. The molecule has 3 nitrogen and oxygen atoms in total. The van der Waals surface area contributed by atoms with Gasteiger partial charge in [-0.25, -0.2) is 4.98 Å². The molecule has 0 aliphatic carbocycles. The lowest BCUT2D eigenvalue weighted by Gasteiger charge is -2.11. The second-order valence-corrected chi connectivity index (χ2v) is 3.92. The molecule has 1 aromatic heterocycles. The van der Waals surface area contributed by atoms with E-state index in [0.717, 1.165) is 12.1 Å². The average Bonchev–Trinajstić information content (AvgIpc) is 2.38. The van der Waals surface area contributed by atoms with Gasteiger partial charge in [-0.15, -0.1) is 0 Å². The van der Waals surface area contributed by atoms with Crippen molar-refractivity contribution in [2.75, 3.05) is 0 Å². The Bertz CT molecular complexity index is 606. The van der Waals surface area contributed by atoms with E-state index in [4.69, 9.17) is 0 Å². The Labute approximate surface area is 107 Å². The number of aromatic nitrogens is 2. The second kappa shape index (κ2) is 4.79. The Morgan fingerprint density at radius 3 is 2.37 bits per heavy atom. The molecule has 1 aromatic carbocycles. The summed E-state index contributed by atoms with van der Waals surface area (Å²) >= 11 is 0. The molecule has 98 valence electrons. The van der Waals surface area contributed by atoms with Gasteiger partial charge in [-0.05, 0) is 13.0 Å². The number of aryl methyl sites for hydroxylation is 1. The molecule has 0 fully saturated rings. The molecule has 0 bridgehead atoms. The van der Waals surface area contributed by atoms with E-state index < -0.39 is 23.1 Å². The lowest BCUT2D eigenvalue weighted by Crippen LogP contribution is -2.14. The zero-order valence-electron chi connectivity index (χ0n) is 9.90. The third kappa shape index (κ3) is 2.78. The first kappa shape index (κ1) is 13.2. The molecule has 1 heterocycles. The molecule has 6 heteroatoms. The number of hydrogen-bond donors (Lipinski definition) is 0. The number of rotatable bonds is 2. The highest BCUT2D eigenvalue weighted by Gasteiger charge is 2.35. The first-order chi connectivity index (χ1) is 8.89. The van der Waals surface area contributed by atoms with Crippen molar-refractivity contribution in [2.24, 2.45) is 0 Å². The van der Waals surface area contributed by atoms with Crippen LogP contribution in [0.5, 0.6) is 0 Å². The van der Waals surface area contributed by atoms with Crippen molar-refractivity contribution >= 4 is 5.78 Å². The maximum atomic E-state index is 12.8. The Kier molecular flexibility index (Phi) is 3.33. The van der Waals surface area contributed by atoms with Gasteiger partial charge in [0.05, 0.1) is 17.5 Å². The summed E-state index contributed by atoms with van der Waals surface area (Å²) < 4.78 is 38.4. The van der Waals surface area contributed by atoms with Crippen LogP contribution in [0.1, 0.15) is 27.3 Å². The summed E-state index contributed by atoms with van der Waals surface area (Å²) in [6.45, 7) is 1.67. The van der Waals surface area contributed by atoms with Gasteiger partial charge in [0.25, 0.3) is 0 Å². The van der Waals surface area contributed by atoms with Crippen LogP contribution in [-0.4, -0.2) is 15.8 Å². The highest BCUT2D eigenvalue weighted by molar-refractivity contribution is 6.08. The highest BCUT2D eigenvalue weighted by atomic mass is 19.4. The van der Waals surface area contributed by atoms with Crippen LogP contribution in [0.2, 0.25) is 0 Å². The van der Waals surface area contributed by atoms with E-state index in [9.17, 15) is 18.0 Å². The number of carbonyl (C=O) groups is 1. The fourth-order valence-electron chi connectivity index (χ4n) is 1.58. The maximum Gasteiger partial charge on any atom is 0.417 e. The van der Waals surface area contributed by atoms with Crippen molar-refractivity contribution in [3.63, 3.8) is 0 Å². The predicted molar refractivity (Wildman–Crippen MR) is 61.6 cm³/mol. The van der Waals surface area contributed by atoms with Gasteiger partial charge < -0.3 is 0 Å². The minimum Gasteiger partial charge on any atom is -0.287 e. The Morgan fingerprint density at radius 2 is 1.79 bits per heavy atom. The lowest BCUT2D eigenvalue weighted by molar-refractivity contribution is -0.137. The Hall–Kier alpha value is -2.24. The predicted octanol–water partition coefficient (Wildman–Crippen LogP) is 3.03. The van der Waals surface area contributed by atoms with E-state index >= 15 is 0 Å². The number of alkyl halides is 3. The van der Waals surface area contributed by atoms with Crippen LogP contribution in [0.25, 0.3) is 0 Å². The molecule has 0 radical (unpaired) electrons. The van der Waals surface area contributed by atoms with Crippen molar-refractivity contribution in [2.45, 2.75) is 13.1 Å². The molecule has 0 aliphatic heterocycles. The number of carbonyl (C=O) groups excluding carboxylic acids is 1. The number of ketones is 1. The van der Waals surface area contributed by atoms with Crippen molar-refractivity contribution in [1.29, 1.82) is 0 Å². The van der Waals surface area contributed by atoms with E-state index in [1.807, 2.05) is 0 Å².